The molecule has 2 aliphatic heterocycles. The predicted molar refractivity (Wildman–Crippen MR) is 104 cm³/mol. The number of halogens is 1. The van der Waals surface area contributed by atoms with Gasteiger partial charge in [-0.25, -0.2) is 0 Å². The molecule has 0 amide bonds. The number of rotatable bonds is 3. The van der Waals surface area contributed by atoms with Gasteiger partial charge in [0.15, 0.2) is 0 Å². The van der Waals surface area contributed by atoms with E-state index in [1.165, 1.54) is 11.1 Å². The van der Waals surface area contributed by atoms with E-state index < -0.39 is 0 Å². The van der Waals surface area contributed by atoms with Gasteiger partial charge < -0.3 is 9.47 Å². The molecule has 25 heavy (non-hydrogen) atoms. The molecule has 1 fully saturated rings. The summed E-state index contributed by atoms with van der Waals surface area (Å²) in [5.74, 6) is 2.23. The molecule has 130 valence electrons. The molecule has 0 aliphatic carbocycles. The number of hydrogen-bond donors (Lipinski definition) is 0. The maximum atomic E-state index is 6.27. The molecule has 2 aromatic carbocycles. The zero-order valence-corrected chi connectivity index (χ0v) is 16.0. The second-order valence-corrected chi connectivity index (χ2v) is 7.72. The van der Waals surface area contributed by atoms with E-state index in [9.17, 15) is 0 Å². The second-order valence-electron chi connectivity index (χ2n) is 6.80. The van der Waals surface area contributed by atoms with Crippen LogP contribution in [0.1, 0.15) is 17.5 Å². The van der Waals surface area contributed by atoms with Crippen molar-refractivity contribution in [3.05, 3.63) is 64.6 Å². The molecule has 3 nitrogen and oxygen atoms in total. The number of benzene rings is 2. The quantitative estimate of drug-likeness (QED) is 0.742. The Kier molecular flexibility index (Phi) is 4.57. The van der Waals surface area contributed by atoms with E-state index in [1.807, 2.05) is 24.3 Å². The monoisotopic (exact) mass is 399 g/mol. The number of methoxy groups -OCH3 is 1. The van der Waals surface area contributed by atoms with E-state index in [4.69, 9.17) is 9.47 Å². The van der Waals surface area contributed by atoms with Gasteiger partial charge in [0.25, 0.3) is 0 Å². The Balaban J connectivity index is 1.49. The highest BCUT2D eigenvalue weighted by atomic mass is 79.9. The fourth-order valence-corrected chi connectivity index (χ4v) is 4.19. The van der Waals surface area contributed by atoms with E-state index in [1.54, 1.807) is 7.11 Å². The Morgan fingerprint density at radius 2 is 2.04 bits per heavy atom. The van der Waals surface area contributed by atoms with Gasteiger partial charge in [-0.2, -0.15) is 0 Å². The van der Waals surface area contributed by atoms with Gasteiger partial charge in [-0.3, -0.25) is 4.90 Å². The molecule has 0 aromatic heterocycles. The van der Waals surface area contributed by atoms with Gasteiger partial charge >= 0.3 is 0 Å². The lowest BCUT2D eigenvalue weighted by molar-refractivity contribution is 0.0587. The van der Waals surface area contributed by atoms with Crippen molar-refractivity contribution >= 4 is 21.5 Å². The smallest absolute Gasteiger partial charge is 0.127 e. The number of ether oxygens (including phenoxy) is 2. The lowest BCUT2D eigenvalue weighted by Crippen LogP contribution is -2.47. The molecule has 0 bridgehead atoms. The van der Waals surface area contributed by atoms with Crippen LogP contribution in [0.5, 0.6) is 11.5 Å². The normalized spacial score (nSPS) is 22.7. The standard InChI is InChI=1S/C21H22BrNO2/c1-14-18-11-16(22)5-8-20(18)25-21-9-10-23(13-19(14)21)12-15-3-6-17(24-2)7-4-15/h3-8,11,19,21H,1,9-10,12-13H2,2H3. The van der Waals surface area contributed by atoms with Crippen LogP contribution >= 0.6 is 15.9 Å². The maximum absolute atomic E-state index is 6.27. The van der Waals surface area contributed by atoms with Crippen LogP contribution in [0.2, 0.25) is 0 Å². The summed E-state index contributed by atoms with van der Waals surface area (Å²) in [5, 5.41) is 0. The zero-order valence-electron chi connectivity index (χ0n) is 14.4. The molecule has 2 heterocycles. The molecule has 2 unspecified atom stereocenters. The van der Waals surface area contributed by atoms with Crippen LogP contribution in [0, 0.1) is 5.92 Å². The maximum Gasteiger partial charge on any atom is 0.127 e. The highest BCUT2D eigenvalue weighted by Crippen LogP contribution is 2.42. The molecule has 4 heteroatoms. The molecule has 2 aromatic rings. The van der Waals surface area contributed by atoms with Crippen molar-refractivity contribution in [3.8, 4) is 11.5 Å². The summed E-state index contributed by atoms with van der Waals surface area (Å²) in [7, 11) is 1.70. The SMILES string of the molecule is C=C1c2cc(Br)ccc2OC2CCN(Cc3ccc(OC)cc3)CC12. The Hall–Kier alpha value is -1.78. The molecule has 0 saturated carbocycles. The summed E-state index contributed by atoms with van der Waals surface area (Å²) in [4.78, 5) is 2.50. The molecule has 0 spiro atoms. The van der Waals surface area contributed by atoms with Crippen LogP contribution in [0.25, 0.3) is 5.57 Å². The van der Waals surface area contributed by atoms with Gasteiger partial charge in [-0.15, -0.1) is 0 Å². The Labute approximate surface area is 157 Å². The van der Waals surface area contributed by atoms with Gasteiger partial charge in [-0.05, 0) is 47.9 Å². The minimum atomic E-state index is 0.244. The third-order valence-corrected chi connectivity index (χ3v) is 5.71. The number of piperidine rings is 1. The lowest BCUT2D eigenvalue weighted by atomic mass is 9.82. The summed E-state index contributed by atoms with van der Waals surface area (Å²) in [6.45, 7) is 7.39. The molecule has 1 saturated heterocycles. The van der Waals surface area contributed by atoms with Crippen molar-refractivity contribution in [2.24, 2.45) is 5.92 Å². The predicted octanol–water partition coefficient (Wildman–Crippen LogP) is 4.75. The summed E-state index contributed by atoms with van der Waals surface area (Å²) in [6, 6.07) is 14.5. The molecular weight excluding hydrogens is 378 g/mol. The van der Waals surface area contributed by atoms with E-state index in [0.29, 0.717) is 5.92 Å². The van der Waals surface area contributed by atoms with E-state index in [-0.39, 0.29) is 6.10 Å². The van der Waals surface area contributed by atoms with Crippen molar-refractivity contribution in [1.29, 1.82) is 0 Å². The second kappa shape index (κ2) is 6.85. The topological polar surface area (TPSA) is 21.7 Å². The zero-order chi connectivity index (χ0) is 17.4. The first-order valence-electron chi connectivity index (χ1n) is 8.64. The molecule has 2 aliphatic rings. The minimum absolute atomic E-state index is 0.244. The van der Waals surface area contributed by atoms with Gasteiger partial charge in [0, 0.05) is 35.6 Å². The van der Waals surface area contributed by atoms with Gasteiger partial charge in [-0.1, -0.05) is 34.6 Å². The Bertz CT molecular complexity index is 787. The summed E-state index contributed by atoms with van der Waals surface area (Å²) in [6.07, 6.45) is 1.28. The summed E-state index contributed by atoms with van der Waals surface area (Å²) < 4.78 is 12.6. The number of likely N-dealkylation sites (tertiary alicyclic amines) is 1. The van der Waals surface area contributed by atoms with Crippen LogP contribution < -0.4 is 9.47 Å². The van der Waals surface area contributed by atoms with Crippen molar-refractivity contribution in [1.82, 2.24) is 4.90 Å². The third kappa shape index (κ3) is 3.33. The highest BCUT2D eigenvalue weighted by molar-refractivity contribution is 9.10. The third-order valence-electron chi connectivity index (χ3n) is 5.21. The van der Waals surface area contributed by atoms with Gasteiger partial charge in [0.1, 0.15) is 17.6 Å². The largest absolute Gasteiger partial charge is 0.497 e. The van der Waals surface area contributed by atoms with Crippen LogP contribution in [-0.4, -0.2) is 31.2 Å². The van der Waals surface area contributed by atoms with Crippen molar-refractivity contribution in [3.63, 3.8) is 0 Å². The molecule has 4 rings (SSSR count). The first kappa shape index (κ1) is 16.7. The van der Waals surface area contributed by atoms with E-state index >= 15 is 0 Å². The summed E-state index contributed by atoms with van der Waals surface area (Å²) in [5.41, 5.74) is 3.65. The van der Waals surface area contributed by atoms with E-state index in [0.717, 1.165) is 47.6 Å². The number of hydrogen-bond acceptors (Lipinski definition) is 3. The molecule has 0 N–H and O–H groups in total. The van der Waals surface area contributed by atoms with Crippen molar-refractivity contribution in [2.45, 2.75) is 19.1 Å². The van der Waals surface area contributed by atoms with Crippen LogP contribution in [0.15, 0.2) is 53.5 Å². The Morgan fingerprint density at radius 3 is 2.80 bits per heavy atom. The average Bonchev–Trinajstić information content (AvgIpc) is 2.64. The molecular formula is C21H22BrNO2. The van der Waals surface area contributed by atoms with Crippen LogP contribution in [0.4, 0.5) is 0 Å². The van der Waals surface area contributed by atoms with Gasteiger partial charge in [0.05, 0.1) is 7.11 Å². The molecule has 0 radical (unpaired) electrons. The van der Waals surface area contributed by atoms with E-state index in [2.05, 4.69) is 45.6 Å². The van der Waals surface area contributed by atoms with Crippen molar-refractivity contribution in [2.75, 3.05) is 20.2 Å². The van der Waals surface area contributed by atoms with Crippen LogP contribution in [0.3, 0.4) is 0 Å². The molecule has 2 atom stereocenters. The number of fused-ring (bicyclic) bond motifs is 2. The van der Waals surface area contributed by atoms with Crippen molar-refractivity contribution < 1.29 is 9.47 Å². The average molecular weight is 400 g/mol. The summed E-state index contributed by atoms with van der Waals surface area (Å²) >= 11 is 3.56. The first-order chi connectivity index (χ1) is 12.1. The fraction of sp³-hybridized carbons (Fsp3) is 0.333. The minimum Gasteiger partial charge on any atom is -0.497 e. The Morgan fingerprint density at radius 1 is 1.24 bits per heavy atom. The van der Waals surface area contributed by atoms with Gasteiger partial charge in [0.2, 0.25) is 0 Å². The number of nitrogens with zero attached hydrogens (tertiary/aromatic N) is 1. The first-order valence-corrected chi connectivity index (χ1v) is 9.44. The lowest BCUT2D eigenvalue weighted by Gasteiger charge is -2.43. The fourth-order valence-electron chi connectivity index (χ4n) is 3.83. The highest BCUT2D eigenvalue weighted by Gasteiger charge is 2.37. The van der Waals surface area contributed by atoms with Crippen LogP contribution in [-0.2, 0) is 6.54 Å².